The van der Waals surface area contributed by atoms with E-state index < -0.39 is 7.26 Å². The number of allylic oxidation sites excluding steroid dienone is 4. The molecule has 202 valence electrons. The smallest absolute Gasteiger partial charge is 0.275 e. The van der Waals surface area contributed by atoms with E-state index in [1.54, 1.807) is 9.29 Å². The molecular formula is C36H34BFN3+. The number of nitrogens with zero attached hydrogens (tertiary/aromatic N) is 3. The Kier molecular flexibility index (Phi) is 5.90. The summed E-state index contributed by atoms with van der Waals surface area (Å²) in [4.78, 5) is 6.61. The molecule has 1 unspecified atom stereocenters. The zero-order valence-electron chi connectivity index (χ0n) is 24.6. The van der Waals surface area contributed by atoms with E-state index in [0.717, 1.165) is 34.1 Å². The number of aromatic nitrogens is 1. The highest BCUT2D eigenvalue weighted by Crippen LogP contribution is 2.38. The molecule has 0 saturated carbocycles. The Labute approximate surface area is 242 Å². The number of aliphatic imine (C=N–C) groups is 1. The van der Waals surface area contributed by atoms with Gasteiger partial charge in [-0.2, -0.15) is 0 Å². The molecule has 3 aliphatic rings. The molecule has 0 amide bonds. The number of rotatable bonds is 2. The van der Waals surface area contributed by atoms with Gasteiger partial charge in [0.25, 0.3) is 0 Å². The van der Waals surface area contributed by atoms with Gasteiger partial charge in [-0.25, -0.2) is 4.48 Å². The molecule has 2 aliphatic heterocycles. The van der Waals surface area contributed by atoms with Gasteiger partial charge in [0.15, 0.2) is 0 Å². The second-order valence-electron chi connectivity index (χ2n) is 12.1. The van der Waals surface area contributed by atoms with E-state index in [0.29, 0.717) is 17.6 Å². The van der Waals surface area contributed by atoms with Crippen molar-refractivity contribution in [3.8, 4) is 11.1 Å². The van der Waals surface area contributed by atoms with Crippen molar-refractivity contribution in [2.45, 2.75) is 48.0 Å². The molecule has 3 heterocycles. The van der Waals surface area contributed by atoms with Crippen molar-refractivity contribution in [2.24, 2.45) is 10.9 Å². The van der Waals surface area contributed by atoms with Gasteiger partial charge in [-0.1, -0.05) is 48.4 Å². The standard InChI is InChI=1S/C36H34BFN3/c1-21-15-23(3)35(24(4)16-21)29-7-11-31-27(19-29)9-13-33-39-34-14-10-28-20-30(36-25(5)17-22(2)18-26(36)6)8-12-32(28)41(34)37(38)40(31)33/h7-17,19-20,22H,18H2,1-6H3/q+1. The summed E-state index contributed by atoms with van der Waals surface area (Å²) < 4.78 is 18.4. The largest absolute Gasteiger partial charge is 0.727 e. The summed E-state index contributed by atoms with van der Waals surface area (Å²) in [6, 6.07) is 21.2. The molecule has 1 aromatic heterocycles. The Morgan fingerprint density at radius 2 is 1.63 bits per heavy atom. The number of hydrogen-bond donors (Lipinski definition) is 0. The van der Waals surface area contributed by atoms with Crippen LogP contribution in [-0.2, 0) is 0 Å². The van der Waals surface area contributed by atoms with Crippen LogP contribution in [0.1, 0.15) is 55.0 Å². The minimum atomic E-state index is -1.41. The van der Waals surface area contributed by atoms with Gasteiger partial charge in [-0.3, -0.25) is 9.13 Å². The Morgan fingerprint density at radius 1 is 0.878 bits per heavy atom. The SMILES string of the molecule is CC1=CC(C)CC(C)=C1c1ccc2c(ccc3[n+]2B(F)N2C(=N3)C=Cc3cc(-c4c(C)cc(C)cc4C)ccc32)c1. The van der Waals surface area contributed by atoms with Crippen molar-refractivity contribution in [3.05, 3.63) is 112 Å². The predicted octanol–water partition coefficient (Wildman–Crippen LogP) is 8.86. The fourth-order valence-electron chi connectivity index (χ4n) is 7.32. The first-order chi connectivity index (χ1) is 19.7. The van der Waals surface area contributed by atoms with Crippen LogP contribution in [0.25, 0.3) is 33.7 Å². The van der Waals surface area contributed by atoms with Crippen LogP contribution >= 0.6 is 0 Å². The number of amidine groups is 1. The molecule has 41 heavy (non-hydrogen) atoms. The summed E-state index contributed by atoms with van der Waals surface area (Å²) in [5.41, 5.74) is 14.0. The molecule has 0 fully saturated rings. The number of benzene rings is 3. The molecule has 0 N–H and O–H groups in total. The van der Waals surface area contributed by atoms with Crippen molar-refractivity contribution in [2.75, 3.05) is 4.81 Å². The summed E-state index contributed by atoms with van der Waals surface area (Å²) in [7, 11) is -1.41. The second-order valence-corrected chi connectivity index (χ2v) is 12.1. The van der Waals surface area contributed by atoms with Gasteiger partial charge in [0, 0.05) is 23.2 Å². The highest BCUT2D eigenvalue weighted by molar-refractivity contribution is 6.57. The van der Waals surface area contributed by atoms with Gasteiger partial charge in [0.05, 0.1) is 0 Å². The van der Waals surface area contributed by atoms with Crippen molar-refractivity contribution in [1.82, 2.24) is 0 Å². The Morgan fingerprint density at radius 3 is 2.39 bits per heavy atom. The van der Waals surface area contributed by atoms with Gasteiger partial charge < -0.3 is 0 Å². The topological polar surface area (TPSA) is 19.5 Å². The van der Waals surface area contributed by atoms with E-state index in [4.69, 9.17) is 4.99 Å². The number of anilines is 1. The maximum atomic E-state index is 16.7. The molecule has 1 aliphatic carbocycles. The van der Waals surface area contributed by atoms with Gasteiger partial charge in [0.1, 0.15) is 5.52 Å². The number of fused-ring (bicyclic) bond motifs is 6. The minimum Gasteiger partial charge on any atom is -0.275 e. The lowest BCUT2D eigenvalue weighted by Crippen LogP contribution is -2.64. The summed E-state index contributed by atoms with van der Waals surface area (Å²) in [5, 5.41) is 1.01. The van der Waals surface area contributed by atoms with E-state index in [1.807, 2.05) is 18.2 Å². The Hall–Kier alpha value is -4.25. The lowest BCUT2D eigenvalue weighted by atomic mass is 9.83. The van der Waals surface area contributed by atoms with Crippen LogP contribution in [0.15, 0.2) is 89.0 Å². The van der Waals surface area contributed by atoms with E-state index in [9.17, 15) is 0 Å². The molecule has 0 radical (unpaired) electrons. The van der Waals surface area contributed by atoms with Gasteiger partial charge in [-0.15, -0.1) is 0 Å². The Bertz CT molecular complexity index is 1890. The molecular weight excluding hydrogens is 504 g/mol. The van der Waals surface area contributed by atoms with E-state index in [2.05, 4.69) is 102 Å². The first kappa shape index (κ1) is 25.7. The minimum absolute atomic E-state index is 0.559. The van der Waals surface area contributed by atoms with Gasteiger partial charge >= 0.3 is 13.1 Å². The fourth-order valence-corrected chi connectivity index (χ4v) is 7.32. The van der Waals surface area contributed by atoms with Crippen molar-refractivity contribution < 1.29 is 8.79 Å². The molecule has 1 atom stereocenters. The molecule has 5 heteroatoms. The summed E-state index contributed by atoms with van der Waals surface area (Å²) >= 11 is 0. The number of pyridine rings is 1. The molecule has 4 aromatic rings. The highest BCUT2D eigenvalue weighted by atomic mass is 19.1. The van der Waals surface area contributed by atoms with Crippen LogP contribution in [0.5, 0.6) is 0 Å². The highest BCUT2D eigenvalue weighted by Gasteiger charge is 2.47. The van der Waals surface area contributed by atoms with Crippen molar-refractivity contribution in [3.63, 3.8) is 0 Å². The van der Waals surface area contributed by atoms with E-state index in [1.165, 1.54) is 44.5 Å². The first-order valence-electron chi connectivity index (χ1n) is 14.5. The molecule has 0 bridgehead atoms. The normalized spacial score (nSPS) is 17.8. The fraction of sp³-hybridized carbons (Fsp3) is 0.222. The van der Waals surface area contributed by atoms with Crippen LogP contribution in [0.2, 0.25) is 0 Å². The van der Waals surface area contributed by atoms with Crippen LogP contribution in [0.3, 0.4) is 0 Å². The zero-order chi connectivity index (χ0) is 28.6. The average Bonchev–Trinajstić information content (AvgIpc) is 2.91. The quantitative estimate of drug-likeness (QED) is 0.233. The monoisotopic (exact) mass is 538 g/mol. The molecule has 3 aromatic carbocycles. The third-order valence-electron chi connectivity index (χ3n) is 8.79. The van der Waals surface area contributed by atoms with Gasteiger partial charge in [-0.05, 0) is 133 Å². The maximum Gasteiger partial charge on any atom is 0.727 e. The molecule has 0 saturated heterocycles. The molecule has 3 nitrogen and oxygen atoms in total. The summed E-state index contributed by atoms with van der Waals surface area (Å²) in [6.07, 6.45) is 7.41. The zero-order valence-corrected chi connectivity index (χ0v) is 24.6. The first-order valence-corrected chi connectivity index (χ1v) is 14.5. The van der Waals surface area contributed by atoms with E-state index in [-0.39, 0.29) is 0 Å². The third-order valence-corrected chi connectivity index (χ3v) is 8.79. The van der Waals surface area contributed by atoms with Crippen molar-refractivity contribution >= 4 is 47.2 Å². The van der Waals surface area contributed by atoms with Crippen LogP contribution < -0.4 is 9.29 Å². The Balaban J connectivity index is 1.31. The third kappa shape index (κ3) is 4.09. The van der Waals surface area contributed by atoms with Crippen LogP contribution in [-0.4, -0.2) is 13.1 Å². The summed E-state index contributed by atoms with van der Waals surface area (Å²) in [5.74, 6) is 1.80. The van der Waals surface area contributed by atoms with Gasteiger partial charge in [0.2, 0.25) is 5.84 Å². The lowest BCUT2D eigenvalue weighted by Gasteiger charge is -2.29. The van der Waals surface area contributed by atoms with E-state index >= 15 is 4.32 Å². The second kappa shape index (κ2) is 9.41. The summed E-state index contributed by atoms with van der Waals surface area (Å²) in [6.45, 7) is 13.1. The predicted molar refractivity (Wildman–Crippen MR) is 171 cm³/mol. The van der Waals surface area contributed by atoms with Crippen LogP contribution in [0.4, 0.5) is 15.8 Å². The van der Waals surface area contributed by atoms with Crippen molar-refractivity contribution in [1.29, 1.82) is 0 Å². The number of halogens is 1. The number of hydrogen-bond acceptors (Lipinski definition) is 2. The molecule has 0 spiro atoms. The number of aryl methyl sites for hydroxylation is 3. The lowest BCUT2D eigenvalue weighted by molar-refractivity contribution is -0.503. The maximum absolute atomic E-state index is 16.7. The van der Waals surface area contributed by atoms with Crippen LogP contribution in [0, 0.1) is 26.7 Å². The molecule has 7 rings (SSSR count). The average molecular weight is 538 g/mol.